The van der Waals surface area contributed by atoms with Crippen molar-refractivity contribution in [2.24, 2.45) is 5.92 Å². The van der Waals surface area contributed by atoms with E-state index in [9.17, 15) is 13.2 Å². The third kappa shape index (κ3) is 3.80. The molecule has 0 aromatic carbocycles. The van der Waals surface area contributed by atoms with Crippen LogP contribution in [0.15, 0.2) is 23.7 Å². The van der Waals surface area contributed by atoms with Crippen LogP contribution in [0.3, 0.4) is 0 Å². The summed E-state index contributed by atoms with van der Waals surface area (Å²) in [5.41, 5.74) is 1.70. The Morgan fingerprint density at radius 1 is 1.43 bits per heavy atom. The number of H-pyrrole nitrogens is 1. The van der Waals surface area contributed by atoms with Gasteiger partial charge in [-0.15, -0.1) is 11.3 Å². The Kier molecular flexibility index (Phi) is 4.51. The number of rotatable bonds is 4. The molecule has 3 rings (SSSR count). The molecule has 0 aliphatic carbocycles. The van der Waals surface area contributed by atoms with Crippen LogP contribution in [0.1, 0.15) is 12.8 Å². The summed E-state index contributed by atoms with van der Waals surface area (Å²) in [6.07, 6.45) is 4.09. The summed E-state index contributed by atoms with van der Waals surface area (Å²) in [7, 11) is -3.17. The van der Waals surface area contributed by atoms with E-state index in [0.29, 0.717) is 31.1 Å². The highest BCUT2D eigenvalue weighted by atomic mass is 32.2. The van der Waals surface area contributed by atoms with Crippen molar-refractivity contribution in [3.05, 3.63) is 23.7 Å². The normalized spacial score (nSPS) is 17.3. The fraction of sp³-hybridized carbons (Fsp3) is 0.429. The van der Waals surface area contributed by atoms with Crippen LogP contribution in [-0.2, 0) is 14.8 Å². The van der Waals surface area contributed by atoms with Crippen molar-refractivity contribution in [2.45, 2.75) is 12.8 Å². The second-order valence-corrected chi connectivity index (χ2v) is 8.39. The third-order valence-electron chi connectivity index (χ3n) is 3.90. The SMILES string of the molecule is CS(=O)(=O)N1CCC(C(=O)Nc2nc(-c3ccc[nH]3)cs2)CC1. The molecule has 9 heteroatoms. The van der Waals surface area contributed by atoms with Crippen LogP contribution in [0.5, 0.6) is 0 Å². The van der Waals surface area contributed by atoms with Crippen LogP contribution in [-0.4, -0.2) is 47.9 Å². The largest absolute Gasteiger partial charge is 0.360 e. The van der Waals surface area contributed by atoms with E-state index in [1.54, 1.807) is 0 Å². The molecule has 23 heavy (non-hydrogen) atoms. The van der Waals surface area contributed by atoms with E-state index < -0.39 is 10.0 Å². The van der Waals surface area contributed by atoms with Gasteiger partial charge in [-0.25, -0.2) is 17.7 Å². The third-order valence-corrected chi connectivity index (χ3v) is 5.96. The molecule has 0 atom stereocenters. The minimum absolute atomic E-state index is 0.0921. The first kappa shape index (κ1) is 16.2. The van der Waals surface area contributed by atoms with Gasteiger partial charge in [0.2, 0.25) is 15.9 Å². The zero-order valence-electron chi connectivity index (χ0n) is 12.7. The van der Waals surface area contributed by atoms with Gasteiger partial charge < -0.3 is 10.3 Å². The smallest absolute Gasteiger partial charge is 0.229 e. The number of aromatic amines is 1. The zero-order chi connectivity index (χ0) is 16.4. The number of carbonyl (C=O) groups is 1. The fourth-order valence-corrected chi connectivity index (χ4v) is 4.19. The molecule has 1 fully saturated rings. The van der Waals surface area contributed by atoms with Crippen molar-refractivity contribution in [2.75, 3.05) is 24.7 Å². The number of carbonyl (C=O) groups excluding carboxylic acids is 1. The number of amides is 1. The zero-order valence-corrected chi connectivity index (χ0v) is 14.3. The molecule has 2 aromatic rings. The van der Waals surface area contributed by atoms with E-state index in [1.165, 1.54) is 21.9 Å². The van der Waals surface area contributed by atoms with E-state index in [2.05, 4.69) is 15.3 Å². The lowest BCUT2D eigenvalue weighted by atomic mass is 9.97. The Morgan fingerprint density at radius 3 is 2.78 bits per heavy atom. The second kappa shape index (κ2) is 6.42. The molecule has 1 aliphatic heterocycles. The summed E-state index contributed by atoms with van der Waals surface area (Å²) in [5.74, 6) is -0.267. The highest BCUT2D eigenvalue weighted by Gasteiger charge is 2.29. The lowest BCUT2D eigenvalue weighted by Gasteiger charge is -2.29. The van der Waals surface area contributed by atoms with E-state index in [4.69, 9.17) is 0 Å². The number of sulfonamides is 1. The van der Waals surface area contributed by atoms with E-state index in [-0.39, 0.29) is 11.8 Å². The molecule has 0 unspecified atom stereocenters. The van der Waals surface area contributed by atoms with Gasteiger partial charge in [0.05, 0.1) is 17.6 Å². The Labute approximate surface area is 138 Å². The number of hydrogen-bond donors (Lipinski definition) is 2. The standard InChI is InChI=1S/C14H18N4O3S2/c1-23(20,21)18-7-4-10(5-8-18)13(19)17-14-16-12(9-22-14)11-3-2-6-15-11/h2-3,6,9-10,15H,4-5,7-8H2,1H3,(H,16,17,19). The van der Waals surface area contributed by atoms with Gasteiger partial charge >= 0.3 is 0 Å². The summed E-state index contributed by atoms with van der Waals surface area (Å²) in [4.78, 5) is 19.8. The van der Waals surface area contributed by atoms with Gasteiger partial charge in [-0.2, -0.15) is 0 Å². The van der Waals surface area contributed by atoms with Crippen LogP contribution in [0.4, 0.5) is 5.13 Å². The van der Waals surface area contributed by atoms with E-state index in [1.807, 2.05) is 23.7 Å². The predicted molar refractivity (Wildman–Crippen MR) is 89.7 cm³/mol. The van der Waals surface area contributed by atoms with Crippen molar-refractivity contribution in [1.29, 1.82) is 0 Å². The highest BCUT2D eigenvalue weighted by molar-refractivity contribution is 7.88. The molecular formula is C14H18N4O3S2. The minimum atomic E-state index is -3.17. The number of anilines is 1. The van der Waals surface area contributed by atoms with Crippen LogP contribution in [0.25, 0.3) is 11.4 Å². The van der Waals surface area contributed by atoms with E-state index >= 15 is 0 Å². The quantitative estimate of drug-likeness (QED) is 0.874. The number of nitrogens with zero attached hydrogens (tertiary/aromatic N) is 2. The topological polar surface area (TPSA) is 95.2 Å². The van der Waals surface area contributed by atoms with Crippen molar-refractivity contribution in [3.8, 4) is 11.4 Å². The molecule has 0 spiro atoms. The van der Waals surface area contributed by atoms with Gasteiger partial charge in [-0.3, -0.25) is 4.79 Å². The molecule has 7 nitrogen and oxygen atoms in total. The fourth-order valence-electron chi connectivity index (χ4n) is 2.60. The van der Waals surface area contributed by atoms with Crippen LogP contribution in [0, 0.1) is 5.92 Å². The lowest BCUT2D eigenvalue weighted by Crippen LogP contribution is -2.40. The van der Waals surface area contributed by atoms with Gasteiger partial charge in [0, 0.05) is 30.6 Å². The van der Waals surface area contributed by atoms with Crippen LogP contribution >= 0.6 is 11.3 Å². The van der Waals surface area contributed by atoms with Gasteiger partial charge in [0.15, 0.2) is 5.13 Å². The molecule has 124 valence electrons. The van der Waals surface area contributed by atoms with Gasteiger partial charge in [0.1, 0.15) is 0 Å². The Bertz CT molecular complexity index is 775. The first-order chi connectivity index (χ1) is 10.9. The van der Waals surface area contributed by atoms with Gasteiger partial charge in [-0.1, -0.05) is 0 Å². The van der Waals surface area contributed by atoms with E-state index in [0.717, 1.165) is 11.4 Å². The van der Waals surface area contributed by atoms with Gasteiger partial charge in [-0.05, 0) is 25.0 Å². The summed E-state index contributed by atoms with van der Waals surface area (Å²) in [6, 6.07) is 3.81. The Morgan fingerprint density at radius 2 is 2.17 bits per heavy atom. The number of hydrogen-bond acceptors (Lipinski definition) is 5. The number of nitrogens with one attached hydrogen (secondary N) is 2. The maximum absolute atomic E-state index is 12.3. The first-order valence-electron chi connectivity index (χ1n) is 7.29. The number of thiazole rings is 1. The van der Waals surface area contributed by atoms with Crippen LogP contribution in [0.2, 0.25) is 0 Å². The first-order valence-corrected chi connectivity index (χ1v) is 10.0. The minimum Gasteiger partial charge on any atom is -0.360 e. The molecule has 1 aliphatic rings. The molecule has 0 bridgehead atoms. The average molecular weight is 354 g/mol. The van der Waals surface area contributed by atoms with Crippen molar-refractivity contribution < 1.29 is 13.2 Å². The predicted octanol–water partition coefficient (Wildman–Crippen LogP) is 1.75. The summed E-state index contributed by atoms with van der Waals surface area (Å²) in [6.45, 7) is 0.783. The van der Waals surface area contributed by atoms with Crippen molar-refractivity contribution in [3.63, 3.8) is 0 Å². The Hall–Kier alpha value is -1.71. The molecule has 3 heterocycles. The summed E-state index contributed by atoms with van der Waals surface area (Å²) < 4.78 is 24.4. The molecular weight excluding hydrogens is 336 g/mol. The molecule has 0 saturated carbocycles. The maximum Gasteiger partial charge on any atom is 0.229 e. The molecule has 2 N–H and O–H groups in total. The lowest BCUT2D eigenvalue weighted by molar-refractivity contribution is -0.120. The molecule has 1 saturated heterocycles. The van der Waals surface area contributed by atoms with Crippen molar-refractivity contribution in [1.82, 2.24) is 14.3 Å². The molecule has 2 aromatic heterocycles. The Balaban J connectivity index is 1.58. The maximum atomic E-state index is 12.3. The highest BCUT2D eigenvalue weighted by Crippen LogP contribution is 2.25. The number of aromatic nitrogens is 2. The monoisotopic (exact) mass is 354 g/mol. The second-order valence-electron chi connectivity index (χ2n) is 5.55. The number of piperidine rings is 1. The van der Waals surface area contributed by atoms with Gasteiger partial charge in [0.25, 0.3) is 0 Å². The summed E-state index contributed by atoms with van der Waals surface area (Å²) >= 11 is 1.38. The summed E-state index contributed by atoms with van der Waals surface area (Å²) in [5, 5.41) is 5.28. The van der Waals surface area contributed by atoms with Crippen LogP contribution < -0.4 is 5.32 Å². The molecule has 0 radical (unpaired) electrons. The molecule has 1 amide bonds. The average Bonchev–Trinajstić information content (AvgIpc) is 3.17. The van der Waals surface area contributed by atoms with Crippen molar-refractivity contribution >= 4 is 32.4 Å².